The third-order valence-electron chi connectivity index (χ3n) is 1.01. The van der Waals surface area contributed by atoms with Crippen LogP contribution in [0.4, 0.5) is 0 Å². The summed E-state index contributed by atoms with van der Waals surface area (Å²) in [6.45, 7) is 0. The molecule has 0 aliphatic rings. The maximum atomic E-state index is 10.8. The molecule has 0 amide bonds. The molecule has 1 heterocycles. The van der Waals surface area contributed by atoms with Gasteiger partial charge in [0.05, 0.1) is 4.90 Å². The SMILES string of the molecule is CSc1c[nH]ccc1=O. The number of H-pyrrole nitrogens is 1. The van der Waals surface area contributed by atoms with E-state index in [4.69, 9.17) is 0 Å². The van der Waals surface area contributed by atoms with Gasteiger partial charge >= 0.3 is 0 Å². The molecule has 0 spiro atoms. The fourth-order valence-electron chi connectivity index (χ4n) is 0.560. The first-order valence-electron chi connectivity index (χ1n) is 2.55. The second-order valence-electron chi connectivity index (χ2n) is 1.58. The van der Waals surface area contributed by atoms with E-state index in [1.807, 2.05) is 6.26 Å². The Bertz CT molecular complexity index is 243. The third kappa shape index (κ3) is 1.36. The van der Waals surface area contributed by atoms with E-state index in [1.54, 1.807) is 12.4 Å². The molecule has 0 unspecified atom stereocenters. The fraction of sp³-hybridized carbons (Fsp3) is 0.167. The normalized spacial score (nSPS) is 9.44. The summed E-state index contributed by atoms with van der Waals surface area (Å²) in [7, 11) is 0. The zero-order valence-corrected chi connectivity index (χ0v) is 5.87. The number of aromatic amines is 1. The van der Waals surface area contributed by atoms with Crippen molar-refractivity contribution >= 4 is 11.8 Å². The molecule has 0 radical (unpaired) electrons. The molecule has 3 heteroatoms. The smallest absolute Gasteiger partial charge is 0.195 e. The molecule has 0 atom stereocenters. The van der Waals surface area contributed by atoms with Gasteiger partial charge in [-0.3, -0.25) is 4.79 Å². The summed E-state index contributed by atoms with van der Waals surface area (Å²) < 4.78 is 0. The molecule has 9 heavy (non-hydrogen) atoms. The Kier molecular flexibility index (Phi) is 1.95. The van der Waals surface area contributed by atoms with Crippen LogP contribution in [0.5, 0.6) is 0 Å². The van der Waals surface area contributed by atoms with E-state index in [9.17, 15) is 4.79 Å². The predicted molar refractivity (Wildman–Crippen MR) is 38.8 cm³/mol. The summed E-state index contributed by atoms with van der Waals surface area (Å²) in [6.07, 6.45) is 5.21. The molecule has 0 aromatic carbocycles. The Hall–Kier alpha value is -0.700. The number of hydrogen-bond acceptors (Lipinski definition) is 2. The van der Waals surface area contributed by atoms with Crippen molar-refractivity contribution in [1.29, 1.82) is 0 Å². The number of rotatable bonds is 1. The molecule has 2 nitrogen and oxygen atoms in total. The average molecular weight is 141 g/mol. The quantitative estimate of drug-likeness (QED) is 0.594. The van der Waals surface area contributed by atoms with Crippen LogP contribution in [0, 0.1) is 0 Å². The third-order valence-corrected chi connectivity index (χ3v) is 1.77. The van der Waals surface area contributed by atoms with Gasteiger partial charge < -0.3 is 4.98 Å². The topological polar surface area (TPSA) is 32.9 Å². The highest BCUT2D eigenvalue weighted by Gasteiger charge is 1.90. The van der Waals surface area contributed by atoms with E-state index >= 15 is 0 Å². The highest BCUT2D eigenvalue weighted by Crippen LogP contribution is 2.04. The number of thioether (sulfide) groups is 1. The maximum Gasteiger partial charge on any atom is 0.195 e. The standard InChI is InChI=1S/C6H7NOS/c1-9-6-4-7-3-2-5(6)8/h2-4H,1H3,(H,7,8). The van der Waals surface area contributed by atoms with Crippen molar-refractivity contribution in [3.8, 4) is 0 Å². The van der Waals surface area contributed by atoms with Gasteiger partial charge in [0.1, 0.15) is 0 Å². The van der Waals surface area contributed by atoms with Crippen LogP contribution in [0.3, 0.4) is 0 Å². The molecule has 1 aromatic heterocycles. The highest BCUT2D eigenvalue weighted by atomic mass is 32.2. The van der Waals surface area contributed by atoms with E-state index in [-0.39, 0.29) is 5.43 Å². The lowest BCUT2D eigenvalue weighted by molar-refractivity contribution is 1.20. The summed E-state index contributed by atoms with van der Waals surface area (Å²) in [6, 6.07) is 1.52. The summed E-state index contributed by atoms with van der Waals surface area (Å²) in [5, 5.41) is 0. The molecular weight excluding hydrogens is 134 g/mol. The van der Waals surface area contributed by atoms with Crippen LogP contribution in [-0.2, 0) is 0 Å². The van der Waals surface area contributed by atoms with Gasteiger partial charge in [0, 0.05) is 18.5 Å². The Morgan fingerprint density at radius 1 is 1.67 bits per heavy atom. The predicted octanol–water partition coefficient (Wildman–Crippen LogP) is 1.10. The Morgan fingerprint density at radius 3 is 2.89 bits per heavy atom. The van der Waals surface area contributed by atoms with Crippen LogP contribution in [-0.4, -0.2) is 11.2 Å². The first-order valence-corrected chi connectivity index (χ1v) is 3.78. The van der Waals surface area contributed by atoms with Gasteiger partial charge in [-0.15, -0.1) is 11.8 Å². The first kappa shape index (κ1) is 6.42. The largest absolute Gasteiger partial charge is 0.366 e. The van der Waals surface area contributed by atoms with Crippen molar-refractivity contribution in [2.45, 2.75) is 4.90 Å². The minimum absolute atomic E-state index is 0.0845. The van der Waals surface area contributed by atoms with Crippen LogP contribution >= 0.6 is 11.8 Å². The van der Waals surface area contributed by atoms with Crippen molar-refractivity contribution < 1.29 is 0 Å². The molecule has 0 saturated carbocycles. The van der Waals surface area contributed by atoms with Crippen molar-refractivity contribution in [3.05, 3.63) is 28.7 Å². The number of hydrogen-bond donors (Lipinski definition) is 1. The van der Waals surface area contributed by atoms with Gasteiger partial charge in [-0.25, -0.2) is 0 Å². The summed E-state index contributed by atoms with van der Waals surface area (Å²) in [5.41, 5.74) is 0.0845. The molecule has 1 N–H and O–H groups in total. The summed E-state index contributed by atoms with van der Waals surface area (Å²) in [5.74, 6) is 0. The molecule has 48 valence electrons. The molecule has 1 aromatic rings. The molecule has 0 saturated heterocycles. The minimum atomic E-state index is 0.0845. The van der Waals surface area contributed by atoms with Crippen LogP contribution in [0.15, 0.2) is 28.2 Å². The van der Waals surface area contributed by atoms with Crippen molar-refractivity contribution in [3.63, 3.8) is 0 Å². The van der Waals surface area contributed by atoms with E-state index in [0.29, 0.717) is 0 Å². The van der Waals surface area contributed by atoms with E-state index in [2.05, 4.69) is 4.98 Å². The lowest BCUT2D eigenvalue weighted by Gasteiger charge is -1.89. The lowest BCUT2D eigenvalue weighted by Crippen LogP contribution is -1.99. The van der Waals surface area contributed by atoms with Gasteiger partial charge in [-0.1, -0.05) is 0 Å². The van der Waals surface area contributed by atoms with Gasteiger partial charge in [-0.2, -0.15) is 0 Å². The van der Waals surface area contributed by atoms with Gasteiger partial charge in [0.25, 0.3) is 0 Å². The van der Waals surface area contributed by atoms with Crippen LogP contribution < -0.4 is 5.43 Å². The Labute approximate surface area is 57.3 Å². The van der Waals surface area contributed by atoms with E-state index < -0.39 is 0 Å². The van der Waals surface area contributed by atoms with Gasteiger partial charge in [-0.05, 0) is 6.26 Å². The molecular formula is C6H7NOS. The van der Waals surface area contributed by atoms with Crippen molar-refractivity contribution in [2.24, 2.45) is 0 Å². The van der Waals surface area contributed by atoms with Crippen LogP contribution in [0.25, 0.3) is 0 Å². The van der Waals surface area contributed by atoms with E-state index in [1.165, 1.54) is 17.8 Å². The van der Waals surface area contributed by atoms with Crippen molar-refractivity contribution in [2.75, 3.05) is 6.26 Å². The van der Waals surface area contributed by atoms with Crippen LogP contribution in [0.1, 0.15) is 0 Å². The van der Waals surface area contributed by atoms with Gasteiger partial charge in [0.15, 0.2) is 5.43 Å². The second-order valence-corrected chi connectivity index (χ2v) is 2.43. The average Bonchev–Trinajstić information content (AvgIpc) is 1.89. The zero-order valence-electron chi connectivity index (χ0n) is 5.05. The molecule has 1 rings (SSSR count). The number of pyridine rings is 1. The Balaban J connectivity index is 3.16. The number of aromatic nitrogens is 1. The molecule has 0 aliphatic heterocycles. The minimum Gasteiger partial charge on any atom is -0.366 e. The molecule has 0 bridgehead atoms. The molecule has 0 aliphatic carbocycles. The summed E-state index contributed by atoms with van der Waals surface area (Å²) >= 11 is 1.45. The highest BCUT2D eigenvalue weighted by molar-refractivity contribution is 7.98. The Morgan fingerprint density at radius 2 is 2.44 bits per heavy atom. The second kappa shape index (κ2) is 2.73. The monoisotopic (exact) mass is 141 g/mol. The van der Waals surface area contributed by atoms with Crippen molar-refractivity contribution in [1.82, 2.24) is 4.98 Å². The van der Waals surface area contributed by atoms with Crippen LogP contribution in [0.2, 0.25) is 0 Å². The maximum absolute atomic E-state index is 10.8. The lowest BCUT2D eigenvalue weighted by atomic mass is 10.5. The number of nitrogens with one attached hydrogen (secondary N) is 1. The molecule has 0 fully saturated rings. The first-order chi connectivity index (χ1) is 4.34. The zero-order chi connectivity index (χ0) is 6.69. The summed E-state index contributed by atoms with van der Waals surface area (Å²) in [4.78, 5) is 14.4. The van der Waals surface area contributed by atoms with Gasteiger partial charge in [0.2, 0.25) is 0 Å². The van der Waals surface area contributed by atoms with E-state index in [0.717, 1.165) is 4.90 Å². The fourth-order valence-corrected chi connectivity index (χ4v) is 1.02.